The molecule has 1 heterocycles. The Bertz CT molecular complexity index is 727. The minimum Gasteiger partial charge on any atom is -0.354 e. The van der Waals surface area contributed by atoms with Gasteiger partial charge in [0.1, 0.15) is 6.04 Å². The third-order valence-corrected chi connectivity index (χ3v) is 4.41. The summed E-state index contributed by atoms with van der Waals surface area (Å²) in [6.45, 7) is 2.40. The smallest absolute Gasteiger partial charge is 0.243 e. The molecule has 4 nitrogen and oxygen atoms in total. The van der Waals surface area contributed by atoms with Crippen molar-refractivity contribution in [3.8, 4) is 0 Å². The Morgan fingerprint density at radius 1 is 1.08 bits per heavy atom. The number of para-hydroxylation sites is 1. The molecule has 3 rings (SSSR count). The molecule has 1 atom stereocenters. The number of hydrogen-bond acceptors (Lipinski definition) is 2. The molecular weight excluding hydrogens is 300 g/mol. The zero-order valence-corrected chi connectivity index (χ0v) is 13.9. The van der Waals surface area contributed by atoms with Crippen LogP contribution in [0.2, 0.25) is 0 Å². The lowest BCUT2D eigenvalue weighted by Gasteiger charge is -2.24. The van der Waals surface area contributed by atoms with E-state index >= 15 is 0 Å². The number of hydrogen-bond donors (Lipinski definition) is 1. The van der Waals surface area contributed by atoms with E-state index in [1.54, 1.807) is 4.90 Å². The molecule has 0 unspecified atom stereocenters. The van der Waals surface area contributed by atoms with E-state index in [0.29, 0.717) is 19.4 Å². The molecule has 124 valence electrons. The zero-order chi connectivity index (χ0) is 16.9. The monoisotopic (exact) mass is 322 g/mol. The molecule has 4 heteroatoms. The van der Waals surface area contributed by atoms with Crippen molar-refractivity contribution in [1.82, 2.24) is 5.32 Å². The molecule has 24 heavy (non-hydrogen) atoms. The molecule has 0 fully saturated rings. The predicted molar refractivity (Wildman–Crippen MR) is 94.9 cm³/mol. The summed E-state index contributed by atoms with van der Waals surface area (Å²) in [5, 5.41) is 2.98. The normalized spacial score (nSPS) is 15.9. The summed E-state index contributed by atoms with van der Waals surface area (Å²) in [5.74, 6) is -0.0907. The van der Waals surface area contributed by atoms with E-state index in [-0.39, 0.29) is 11.8 Å². The topological polar surface area (TPSA) is 49.4 Å². The number of nitrogens with one attached hydrogen (secondary N) is 1. The number of anilines is 1. The quantitative estimate of drug-likeness (QED) is 0.920. The standard InChI is InChI=1S/C20H22N2O2/c1-2-19(23)22-17-11-7-6-10-16(17)14-18(22)20(24)21-13-12-15-8-4-3-5-9-15/h3-11,18H,2,12-14H2,1H3,(H,21,24)/t18-/m0/s1. The molecule has 2 aromatic rings. The molecule has 1 N–H and O–H groups in total. The van der Waals surface area contributed by atoms with E-state index < -0.39 is 6.04 Å². The van der Waals surface area contributed by atoms with E-state index in [1.165, 1.54) is 5.56 Å². The first-order valence-electron chi connectivity index (χ1n) is 8.42. The Labute approximate surface area is 142 Å². The van der Waals surface area contributed by atoms with Crippen LogP contribution in [0.15, 0.2) is 54.6 Å². The van der Waals surface area contributed by atoms with E-state index in [1.807, 2.05) is 61.5 Å². The second kappa shape index (κ2) is 7.30. The highest BCUT2D eigenvalue weighted by Gasteiger charge is 2.37. The van der Waals surface area contributed by atoms with Gasteiger partial charge >= 0.3 is 0 Å². The molecular formula is C20H22N2O2. The lowest BCUT2D eigenvalue weighted by atomic mass is 10.1. The summed E-state index contributed by atoms with van der Waals surface area (Å²) < 4.78 is 0. The molecule has 1 aliphatic rings. The van der Waals surface area contributed by atoms with Crippen molar-refractivity contribution < 1.29 is 9.59 Å². The van der Waals surface area contributed by atoms with Crippen LogP contribution >= 0.6 is 0 Å². The number of rotatable bonds is 5. The van der Waals surface area contributed by atoms with Crippen molar-refractivity contribution in [2.75, 3.05) is 11.4 Å². The molecule has 2 aromatic carbocycles. The third-order valence-electron chi connectivity index (χ3n) is 4.41. The largest absolute Gasteiger partial charge is 0.354 e. The molecule has 0 bridgehead atoms. The maximum atomic E-state index is 12.6. The van der Waals surface area contributed by atoms with Crippen LogP contribution in [-0.2, 0) is 22.4 Å². The van der Waals surface area contributed by atoms with E-state index in [9.17, 15) is 9.59 Å². The van der Waals surface area contributed by atoms with E-state index in [0.717, 1.165) is 17.7 Å². The van der Waals surface area contributed by atoms with Crippen LogP contribution in [-0.4, -0.2) is 24.4 Å². The van der Waals surface area contributed by atoms with Gasteiger partial charge in [0.05, 0.1) is 0 Å². The lowest BCUT2D eigenvalue weighted by Crippen LogP contribution is -2.48. The average molecular weight is 322 g/mol. The lowest BCUT2D eigenvalue weighted by molar-refractivity contribution is -0.126. The van der Waals surface area contributed by atoms with Crippen molar-refractivity contribution in [3.63, 3.8) is 0 Å². The highest BCUT2D eigenvalue weighted by Crippen LogP contribution is 2.32. The fourth-order valence-corrected chi connectivity index (χ4v) is 3.17. The van der Waals surface area contributed by atoms with E-state index in [2.05, 4.69) is 5.32 Å². The van der Waals surface area contributed by atoms with Crippen molar-refractivity contribution in [2.24, 2.45) is 0 Å². The van der Waals surface area contributed by atoms with Gasteiger partial charge in [-0.05, 0) is 23.6 Å². The second-order valence-corrected chi connectivity index (χ2v) is 5.99. The summed E-state index contributed by atoms with van der Waals surface area (Å²) in [5.41, 5.74) is 3.11. The van der Waals surface area contributed by atoms with Crippen molar-refractivity contribution in [3.05, 3.63) is 65.7 Å². The first kappa shape index (κ1) is 16.2. The van der Waals surface area contributed by atoms with Gasteiger partial charge in [0.2, 0.25) is 11.8 Å². The van der Waals surface area contributed by atoms with Crippen molar-refractivity contribution in [2.45, 2.75) is 32.2 Å². The van der Waals surface area contributed by atoms with Crippen LogP contribution in [0.4, 0.5) is 5.69 Å². The van der Waals surface area contributed by atoms with E-state index in [4.69, 9.17) is 0 Å². The van der Waals surface area contributed by atoms with Gasteiger partial charge in [0.15, 0.2) is 0 Å². The maximum Gasteiger partial charge on any atom is 0.243 e. The number of carbonyl (C=O) groups is 2. The summed E-state index contributed by atoms with van der Waals surface area (Å²) >= 11 is 0. The predicted octanol–water partition coefficient (Wildman–Crippen LogP) is 2.71. The molecule has 1 aliphatic heterocycles. The van der Waals surface area contributed by atoms with Gasteiger partial charge in [-0.2, -0.15) is 0 Å². The van der Waals surface area contributed by atoms with Crippen LogP contribution in [0, 0.1) is 0 Å². The Morgan fingerprint density at radius 3 is 2.54 bits per heavy atom. The summed E-state index contributed by atoms with van der Waals surface area (Å²) in [6.07, 6.45) is 1.76. The summed E-state index contributed by atoms with van der Waals surface area (Å²) in [7, 11) is 0. The van der Waals surface area contributed by atoms with Gasteiger partial charge in [0.25, 0.3) is 0 Å². The fraction of sp³-hybridized carbons (Fsp3) is 0.300. The first-order valence-corrected chi connectivity index (χ1v) is 8.42. The molecule has 0 aliphatic carbocycles. The Balaban J connectivity index is 1.66. The van der Waals surface area contributed by atoms with Crippen LogP contribution in [0.25, 0.3) is 0 Å². The molecule has 0 aromatic heterocycles. The van der Waals surface area contributed by atoms with Gasteiger partial charge in [-0.25, -0.2) is 0 Å². The number of benzene rings is 2. The Morgan fingerprint density at radius 2 is 1.79 bits per heavy atom. The highest BCUT2D eigenvalue weighted by atomic mass is 16.2. The first-order chi connectivity index (χ1) is 11.7. The van der Waals surface area contributed by atoms with Gasteiger partial charge in [0, 0.05) is 25.1 Å². The second-order valence-electron chi connectivity index (χ2n) is 5.99. The fourth-order valence-electron chi connectivity index (χ4n) is 3.17. The molecule has 0 spiro atoms. The molecule has 0 radical (unpaired) electrons. The number of amides is 2. The minimum absolute atomic E-state index is 0.0110. The van der Waals surface area contributed by atoms with Crippen molar-refractivity contribution in [1.29, 1.82) is 0 Å². The summed E-state index contributed by atoms with van der Waals surface area (Å²) in [6, 6.07) is 17.4. The number of fused-ring (bicyclic) bond motifs is 1. The minimum atomic E-state index is -0.439. The van der Waals surface area contributed by atoms with Crippen LogP contribution in [0.3, 0.4) is 0 Å². The maximum absolute atomic E-state index is 12.6. The Kier molecular flexibility index (Phi) is 4.94. The Hall–Kier alpha value is -2.62. The van der Waals surface area contributed by atoms with Gasteiger partial charge in [-0.3, -0.25) is 14.5 Å². The SMILES string of the molecule is CCC(=O)N1c2ccccc2C[C@H]1C(=O)NCCc1ccccc1. The van der Waals surface area contributed by atoms with Gasteiger partial charge in [-0.1, -0.05) is 55.5 Å². The number of nitrogens with zero attached hydrogens (tertiary/aromatic N) is 1. The van der Waals surface area contributed by atoms with Gasteiger partial charge < -0.3 is 5.32 Å². The third kappa shape index (κ3) is 3.32. The molecule has 0 saturated carbocycles. The van der Waals surface area contributed by atoms with Crippen LogP contribution < -0.4 is 10.2 Å². The molecule has 2 amide bonds. The average Bonchev–Trinajstić information content (AvgIpc) is 3.01. The zero-order valence-electron chi connectivity index (χ0n) is 13.9. The molecule has 0 saturated heterocycles. The van der Waals surface area contributed by atoms with Crippen LogP contribution in [0.1, 0.15) is 24.5 Å². The summed E-state index contributed by atoms with van der Waals surface area (Å²) in [4.78, 5) is 26.6. The van der Waals surface area contributed by atoms with Crippen molar-refractivity contribution >= 4 is 17.5 Å². The number of carbonyl (C=O) groups excluding carboxylic acids is 2. The van der Waals surface area contributed by atoms with Crippen LogP contribution in [0.5, 0.6) is 0 Å². The van der Waals surface area contributed by atoms with Gasteiger partial charge in [-0.15, -0.1) is 0 Å². The highest BCUT2D eigenvalue weighted by molar-refractivity contribution is 6.03.